The highest BCUT2D eigenvalue weighted by atomic mass is 32.2. The van der Waals surface area contributed by atoms with Crippen molar-refractivity contribution in [1.29, 1.82) is 0 Å². The molecule has 58 heavy (non-hydrogen) atoms. The number of hydrogen-bond donors (Lipinski definition) is 14. The molecule has 23 nitrogen and oxygen atoms in total. The van der Waals surface area contributed by atoms with Gasteiger partial charge in [-0.3, -0.25) is 38.8 Å². The smallest absolute Gasteiger partial charge is 0.326 e. The van der Waals surface area contributed by atoms with Gasteiger partial charge in [-0.15, -0.1) is 0 Å². The van der Waals surface area contributed by atoms with Gasteiger partial charge in [0.15, 0.2) is 11.9 Å². The fourth-order valence-electron chi connectivity index (χ4n) is 5.36. The fraction of sp³-hybridized carbons (Fsp3) is 0.735. The summed E-state index contributed by atoms with van der Waals surface area (Å²) < 4.78 is 0. The maximum absolute atomic E-state index is 14.0. The van der Waals surface area contributed by atoms with E-state index >= 15 is 0 Å². The molecule has 0 aromatic rings. The SMILES string of the molecule is CSCC[C@H](NC(=O)[C@H](CCCCN)NC(=O)[C@H](CCCN=C(N)N)NC(=O)[C@H](CCCCN)NC(=O)[C@H](CCCN=C(N)N)NC(=O)[C@@H](N)CCC(N)=O)C(=O)O. The lowest BCUT2D eigenvalue weighted by atomic mass is 10.0. The second-order valence-electron chi connectivity index (χ2n) is 13.5. The standard InChI is InChI=1S/C34H67N15O8S/c1-58-19-14-25(32(56)57)49-31(55)22(9-3-5-16-36)47-30(54)24(11-7-18-44-34(41)42)48-28(52)21(8-2-4-15-35)46-29(53)23(10-6-17-43-33(39)40)45-27(51)20(37)12-13-26(38)50/h20-25H,2-19,35-37H2,1H3,(H2,38,50)(H,45,51)(H,46,53)(H,47,54)(H,48,52)(H,49,55)(H,56,57)(H4,39,40,43)(H4,41,42,44)/t20-,21-,22-,23-,24-,25-/m0/s1. The molecule has 22 N–H and O–H groups in total. The van der Waals surface area contributed by atoms with Crippen LogP contribution in [0.4, 0.5) is 0 Å². The predicted octanol–water partition coefficient (Wildman–Crippen LogP) is -4.79. The minimum Gasteiger partial charge on any atom is -0.480 e. The number of guanidine groups is 2. The van der Waals surface area contributed by atoms with Crippen LogP contribution in [0.3, 0.4) is 0 Å². The number of rotatable bonds is 33. The Morgan fingerprint density at radius 2 is 0.897 bits per heavy atom. The quantitative estimate of drug-likeness (QED) is 0.0167. The fourth-order valence-corrected chi connectivity index (χ4v) is 5.83. The normalized spacial score (nSPS) is 13.9. The topological polar surface area (TPSA) is 433 Å². The van der Waals surface area contributed by atoms with E-state index in [0.29, 0.717) is 44.5 Å². The second kappa shape index (κ2) is 31.1. The van der Waals surface area contributed by atoms with Gasteiger partial charge >= 0.3 is 5.97 Å². The molecule has 0 unspecified atom stereocenters. The number of nitrogens with zero attached hydrogens (tertiary/aromatic N) is 2. The molecule has 0 fully saturated rings. The minimum absolute atomic E-state index is 0.00685. The summed E-state index contributed by atoms with van der Waals surface area (Å²) in [5.41, 5.74) is 44.2. The lowest BCUT2D eigenvalue weighted by Crippen LogP contribution is -2.59. The van der Waals surface area contributed by atoms with Crippen molar-refractivity contribution in [3.05, 3.63) is 0 Å². The average molecular weight is 846 g/mol. The molecule has 0 heterocycles. The van der Waals surface area contributed by atoms with Gasteiger partial charge in [-0.2, -0.15) is 11.8 Å². The van der Waals surface area contributed by atoms with Gasteiger partial charge in [0.25, 0.3) is 0 Å². The first-order chi connectivity index (χ1) is 27.5. The molecule has 6 amide bonds. The zero-order valence-corrected chi connectivity index (χ0v) is 34.2. The summed E-state index contributed by atoms with van der Waals surface area (Å²) >= 11 is 1.41. The Hall–Kier alpha value is -4.94. The summed E-state index contributed by atoms with van der Waals surface area (Å²) in [6.07, 6.45) is 4.20. The number of carbonyl (C=O) groups excluding carboxylic acids is 6. The van der Waals surface area contributed by atoms with E-state index in [1.54, 1.807) is 6.26 Å². The molecular formula is C34H67N15O8S. The highest BCUT2D eigenvalue weighted by molar-refractivity contribution is 7.98. The molecule has 0 rings (SSSR count). The van der Waals surface area contributed by atoms with Crippen LogP contribution in [0.5, 0.6) is 0 Å². The lowest BCUT2D eigenvalue weighted by Gasteiger charge is -2.27. The lowest BCUT2D eigenvalue weighted by molar-refractivity contribution is -0.142. The minimum atomic E-state index is -1.27. The number of nitrogens with one attached hydrogen (secondary N) is 5. The van der Waals surface area contributed by atoms with Crippen LogP contribution in [0.25, 0.3) is 0 Å². The van der Waals surface area contributed by atoms with Gasteiger partial charge in [-0.1, -0.05) is 0 Å². The van der Waals surface area contributed by atoms with E-state index < -0.39 is 77.7 Å². The van der Waals surface area contributed by atoms with E-state index in [0.717, 1.165) is 0 Å². The van der Waals surface area contributed by atoms with Crippen LogP contribution in [0.2, 0.25) is 0 Å². The van der Waals surface area contributed by atoms with Crippen LogP contribution >= 0.6 is 11.8 Å². The summed E-state index contributed by atoms with van der Waals surface area (Å²) in [5.74, 6) is -5.54. The molecule has 0 saturated heterocycles. The van der Waals surface area contributed by atoms with E-state index in [2.05, 4.69) is 36.6 Å². The maximum atomic E-state index is 14.0. The van der Waals surface area contributed by atoms with Crippen LogP contribution in [0.15, 0.2) is 9.98 Å². The Labute approximate surface area is 343 Å². The summed E-state index contributed by atoms with van der Waals surface area (Å²) in [7, 11) is 0. The van der Waals surface area contributed by atoms with Crippen LogP contribution in [-0.4, -0.2) is 133 Å². The molecule has 0 aromatic heterocycles. The average Bonchev–Trinajstić information content (AvgIpc) is 3.16. The zero-order valence-electron chi connectivity index (χ0n) is 33.4. The van der Waals surface area contributed by atoms with Crippen molar-refractivity contribution in [2.24, 2.45) is 55.9 Å². The molecule has 0 aliphatic carbocycles. The number of primary amides is 1. The highest BCUT2D eigenvalue weighted by Gasteiger charge is 2.32. The number of thioether (sulfide) groups is 1. The number of aliphatic imine (C=N–C) groups is 2. The Kier molecular flexibility index (Phi) is 28.5. The van der Waals surface area contributed by atoms with Crippen molar-refractivity contribution in [2.45, 2.75) is 120 Å². The Balaban J connectivity index is 6.49. The third kappa shape index (κ3) is 24.6. The molecule has 6 atom stereocenters. The van der Waals surface area contributed by atoms with E-state index in [1.807, 2.05) is 0 Å². The predicted molar refractivity (Wildman–Crippen MR) is 222 cm³/mol. The van der Waals surface area contributed by atoms with Crippen molar-refractivity contribution in [3.8, 4) is 0 Å². The molecule has 0 saturated carbocycles. The molecule has 0 spiro atoms. The number of unbranched alkanes of at least 4 members (excludes halogenated alkanes) is 2. The van der Waals surface area contributed by atoms with E-state index in [1.165, 1.54) is 11.8 Å². The van der Waals surface area contributed by atoms with Crippen molar-refractivity contribution in [1.82, 2.24) is 26.6 Å². The van der Waals surface area contributed by atoms with Crippen LogP contribution < -0.4 is 72.5 Å². The molecule has 24 heteroatoms. The largest absolute Gasteiger partial charge is 0.480 e. The third-order valence-corrected chi connectivity index (χ3v) is 9.22. The Bertz CT molecular complexity index is 1360. The van der Waals surface area contributed by atoms with Gasteiger partial charge in [0.05, 0.1) is 6.04 Å². The third-order valence-electron chi connectivity index (χ3n) is 8.58. The van der Waals surface area contributed by atoms with Crippen LogP contribution in [0.1, 0.15) is 83.5 Å². The van der Waals surface area contributed by atoms with Crippen molar-refractivity contribution < 1.29 is 38.7 Å². The maximum Gasteiger partial charge on any atom is 0.326 e. The number of aliphatic carboxylic acids is 1. The Morgan fingerprint density at radius 1 is 0.534 bits per heavy atom. The van der Waals surface area contributed by atoms with E-state index in [-0.39, 0.29) is 82.8 Å². The summed E-state index contributed by atoms with van der Waals surface area (Å²) in [4.78, 5) is 98.8. The Morgan fingerprint density at radius 3 is 1.22 bits per heavy atom. The summed E-state index contributed by atoms with van der Waals surface area (Å²) in [6.45, 7) is 0.820. The highest BCUT2D eigenvalue weighted by Crippen LogP contribution is 2.10. The van der Waals surface area contributed by atoms with Gasteiger partial charge < -0.3 is 77.6 Å². The zero-order chi connectivity index (χ0) is 44.0. The summed E-state index contributed by atoms with van der Waals surface area (Å²) in [6, 6.07) is -7.27. The first kappa shape index (κ1) is 53.1. The van der Waals surface area contributed by atoms with Crippen molar-refractivity contribution in [3.63, 3.8) is 0 Å². The van der Waals surface area contributed by atoms with Crippen LogP contribution in [-0.2, 0) is 33.6 Å². The van der Waals surface area contributed by atoms with Gasteiger partial charge in [-0.05, 0) is 102 Å². The second-order valence-corrected chi connectivity index (χ2v) is 14.5. The molecule has 0 aromatic carbocycles. The van der Waals surface area contributed by atoms with Crippen molar-refractivity contribution >= 4 is 65.1 Å². The first-order valence-electron chi connectivity index (χ1n) is 19.3. The van der Waals surface area contributed by atoms with Gasteiger partial charge in [0, 0.05) is 19.5 Å². The number of carbonyl (C=O) groups is 7. The molecule has 0 bridgehead atoms. The van der Waals surface area contributed by atoms with E-state index in [9.17, 15) is 38.7 Å². The van der Waals surface area contributed by atoms with E-state index in [4.69, 9.17) is 45.9 Å². The molecule has 332 valence electrons. The summed E-state index contributed by atoms with van der Waals surface area (Å²) in [5, 5.41) is 22.7. The van der Waals surface area contributed by atoms with Gasteiger partial charge in [0.2, 0.25) is 35.4 Å². The monoisotopic (exact) mass is 846 g/mol. The molecule has 0 radical (unpaired) electrons. The first-order valence-corrected chi connectivity index (χ1v) is 20.6. The molecular weight excluding hydrogens is 779 g/mol. The number of carboxylic acid groups (broad SMARTS) is 1. The van der Waals surface area contributed by atoms with Gasteiger partial charge in [-0.25, -0.2) is 4.79 Å². The van der Waals surface area contributed by atoms with Crippen LogP contribution in [0, 0.1) is 0 Å². The number of nitrogens with two attached hydrogens (primary N) is 8. The number of hydrogen-bond acceptors (Lipinski definition) is 13. The number of amides is 6. The van der Waals surface area contributed by atoms with Gasteiger partial charge in [0.1, 0.15) is 30.2 Å². The van der Waals surface area contributed by atoms with Crippen molar-refractivity contribution in [2.75, 3.05) is 38.2 Å². The molecule has 0 aliphatic rings. The number of carboxylic acids is 1. The molecule has 0 aliphatic heterocycles.